The third-order valence-electron chi connectivity index (χ3n) is 5.73. The van der Waals surface area contributed by atoms with Crippen LogP contribution in [0.15, 0.2) is 54.6 Å². The van der Waals surface area contributed by atoms with Gasteiger partial charge in [0, 0.05) is 23.0 Å². The first-order valence-electron chi connectivity index (χ1n) is 10.4. The lowest BCUT2D eigenvalue weighted by molar-refractivity contribution is -0.136. The molecule has 0 aliphatic heterocycles. The van der Waals surface area contributed by atoms with E-state index in [-0.39, 0.29) is 27.0 Å². The minimum Gasteiger partial charge on any atom is -0.398 e. The predicted octanol–water partition coefficient (Wildman–Crippen LogP) is 7.51. The second kappa shape index (κ2) is 9.87. The Kier molecular flexibility index (Phi) is 7.29. The van der Waals surface area contributed by atoms with Crippen LogP contribution in [0.3, 0.4) is 0 Å². The van der Waals surface area contributed by atoms with Crippen molar-refractivity contribution in [3.8, 4) is 0 Å². The lowest BCUT2D eigenvalue weighted by Crippen LogP contribution is -2.18. The van der Waals surface area contributed by atoms with E-state index in [0.717, 1.165) is 12.1 Å². The first-order valence-corrected chi connectivity index (χ1v) is 11.9. The van der Waals surface area contributed by atoms with Gasteiger partial charge in [0.1, 0.15) is 10.2 Å². The molecule has 3 aromatic carbocycles. The first-order chi connectivity index (χ1) is 17.2. The Balaban J connectivity index is 1.51. The molecule has 4 rings (SSSR count). The third-order valence-corrected chi connectivity index (χ3v) is 7.29. The number of benzene rings is 3. The van der Waals surface area contributed by atoms with Gasteiger partial charge in [0.25, 0.3) is 5.91 Å². The second-order valence-electron chi connectivity index (χ2n) is 8.24. The van der Waals surface area contributed by atoms with Crippen molar-refractivity contribution in [2.45, 2.75) is 16.4 Å². The van der Waals surface area contributed by atoms with Crippen LogP contribution in [0.25, 0.3) is 0 Å². The number of nitrogens with two attached hydrogens (primary N) is 1. The molecule has 0 heterocycles. The van der Waals surface area contributed by atoms with Crippen LogP contribution in [0.1, 0.15) is 27.4 Å². The van der Waals surface area contributed by atoms with Crippen LogP contribution in [0.4, 0.5) is 34.6 Å². The Bertz CT molecular complexity index is 1420. The maximum Gasteiger partial charge on any atom is 0.418 e. The Labute approximate surface area is 227 Å². The average Bonchev–Trinajstić information content (AvgIpc) is 3.39. The van der Waals surface area contributed by atoms with Crippen LogP contribution in [0.2, 0.25) is 10.0 Å². The molecular formula is C24H15Cl4F4N3O2. The van der Waals surface area contributed by atoms with Crippen molar-refractivity contribution in [1.29, 1.82) is 0 Å². The number of nitrogen functional groups attached to an aromatic ring is 1. The van der Waals surface area contributed by atoms with E-state index in [1.54, 1.807) is 0 Å². The molecule has 194 valence electrons. The number of rotatable bonds is 5. The number of hydrogen-bond donors (Lipinski definition) is 3. The molecule has 13 heteroatoms. The lowest BCUT2D eigenvalue weighted by atomic mass is 10.1. The molecule has 2 atom stereocenters. The van der Waals surface area contributed by atoms with Crippen LogP contribution < -0.4 is 16.4 Å². The fourth-order valence-electron chi connectivity index (χ4n) is 3.85. The van der Waals surface area contributed by atoms with Crippen LogP contribution >= 0.6 is 46.4 Å². The smallest absolute Gasteiger partial charge is 0.398 e. The summed E-state index contributed by atoms with van der Waals surface area (Å²) in [5, 5.41) is 4.75. The molecule has 5 nitrogen and oxygen atoms in total. The van der Waals surface area contributed by atoms with Gasteiger partial charge in [0.15, 0.2) is 0 Å². The quantitative estimate of drug-likeness (QED) is 0.162. The zero-order chi connectivity index (χ0) is 27.3. The molecule has 1 aliphatic carbocycles. The molecule has 1 aliphatic rings. The van der Waals surface area contributed by atoms with Crippen molar-refractivity contribution in [1.82, 2.24) is 0 Å². The van der Waals surface area contributed by atoms with E-state index < -0.39 is 51.2 Å². The minimum absolute atomic E-state index is 0.0173. The Morgan fingerprint density at radius 2 is 1.54 bits per heavy atom. The molecule has 4 N–H and O–H groups in total. The first kappa shape index (κ1) is 27.3. The molecule has 0 saturated heterocycles. The van der Waals surface area contributed by atoms with E-state index in [9.17, 15) is 27.2 Å². The predicted molar refractivity (Wildman–Crippen MR) is 136 cm³/mol. The summed E-state index contributed by atoms with van der Waals surface area (Å²) in [7, 11) is 0. The van der Waals surface area contributed by atoms with E-state index in [4.69, 9.17) is 52.1 Å². The molecule has 2 unspecified atom stereocenters. The summed E-state index contributed by atoms with van der Waals surface area (Å²) in [6.45, 7) is 0. The van der Waals surface area contributed by atoms with Gasteiger partial charge in [-0.2, -0.15) is 13.2 Å². The highest BCUT2D eigenvalue weighted by molar-refractivity contribution is 6.53. The molecule has 0 bridgehead atoms. The summed E-state index contributed by atoms with van der Waals surface area (Å²) in [4.78, 5) is 25.7. The number of hydrogen-bond acceptors (Lipinski definition) is 3. The number of amides is 2. The molecule has 2 amide bonds. The van der Waals surface area contributed by atoms with E-state index >= 15 is 0 Å². The standard InChI is InChI=1S/C24H15Cl4F4N3O2/c25-15-4-2-11(8-13(15)21(36)34-12-3-6-18(33)14(9-12)24(30,31)32)35-22(37)20-19(23(20,27)28)10-1-5-17(29)16(26)7-10/h1-9,19-20H,33H2,(H,34,36)(H,35,37). The molecule has 0 spiro atoms. The zero-order valence-corrected chi connectivity index (χ0v) is 21.3. The van der Waals surface area contributed by atoms with Crippen molar-refractivity contribution >= 4 is 75.3 Å². The van der Waals surface area contributed by atoms with E-state index in [1.807, 2.05) is 0 Å². The number of carbonyl (C=O) groups excluding carboxylic acids is 2. The summed E-state index contributed by atoms with van der Waals surface area (Å²) in [6.07, 6.45) is -4.72. The van der Waals surface area contributed by atoms with E-state index in [0.29, 0.717) is 11.6 Å². The number of anilines is 3. The van der Waals surface area contributed by atoms with Crippen molar-refractivity contribution in [2.24, 2.45) is 5.92 Å². The van der Waals surface area contributed by atoms with Gasteiger partial charge in [0.2, 0.25) is 5.91 Å². The monoisotopic (exact) mass is 593 g/mol. The van der Waals surface area contributed by atoms with Crippen LogP contribution in [0, 0.1) is 11.7 Å². The maximum absolute atomic E-state index is 13.5. The fraction of sp³-hybridized carbons (Fsp3) is 0.167. The molecular weight excluding hydrogens is 580 g/mol. The minimum atomic E-state index is -4.72. The van der Waals surface area contributed by atoms with Gasteiger partial charge in [-0.05, 0) is 54.1 Å². The van der Waals surface area contributed by atoms with Crippen molar-refractivity contribution < 1.29 is 27.2 Å². The number of halogens is 8. The third kappa shape index (κ3) is 5.60. The fourth-order valence-corrected chi connectivity index (χ4v) is 5.07. The SMILES string of the molecule is Nc1ccc(NC(=O)c2cc(NC(=O)C3C(c4ccc(F)c(Cl)c4)C3(Cl)Cl)ccc2Cl)cc1C(F)(F)F. The summed E-state index contributed by atoms with van der Waals surface area (Å²) in [5.74, 6) is -3.63. The highest BCUT2D eigenvalue weighted by Crippen LogP contribution is 2.65. The topological polar surface area (TPSA) is 84.2 Å². The molecule has 0 radical (unpaired) electrons. The van der Waals surface area contributed by atoms with E-state index in [2.05, 4.69) is 10.6 Å². The normalized spacial score (nSPS) is 18.3. The van der Waals surface area contributed by atoms with Gasteiger partial charge in [-0.1, -0.05) is 29.3 Å². The molecule has 1 saturated carbocycles. The van der Waals surface area contributed by atoms with Gasteiger partial charge in [-0.3, -0.25) is 9.59 Å². The second-order valence-corrected chi connectivity index (χ2v) is 10.5. The number of alkyl halides is 5. The summed E-state index contributed by atoms with van der Waals surface area (Å²) in [5.41, 5.74) is 4.12. The molecule has 3 aromatic rings. The van der Waals surface area contributed by atoms with Gasteiger partial charge >= 0.3 is 6.18 Å². The largest absolute Gasteiger partial charge is 0.418 e. The lowest BCUT2D eigenvalue weighted by Gasteiger charge is -2.13. The van der Waals surface area contributed by atoms with Crippen LogP contribution in [-0.2, 0) is 11.0 Å². The summed E-state index contributed by atoms with van der Waals surface area (Å²) < 4.78 is 51.4. The van der Waals surface area contributed by atoms with Crippen molar-refractivity contribution in [2.75, 3.05) is 16.4 Å². The Hall–Kier alpha value is -2.72. The van der Waals surface area contributed by atoms with Gasteiger partial charge < -0.3 is 16.4 Å². The molecule has 37 heavy (non-hydrogen) atoms. The molecule has 0 aromatic heterocycles. The van der Waals surface area contributed by atoms with Gasteiger partial charge in [-0.15, -0.1) is 23.2 Å². The number of carbonyl (C=O) groups is 2. The van der Waals surface area contributed by atoms with Crippen LogP contribution in [-0.4, -0.2) is 16.1 Å². The highest BCUT2D eigenvalue weighted by Gasteiger charge is 2.67. The average molecular weight is 595 g/mol. The highest BCUT2D eigenvalue weighted by atomic mass is 35.5. The van der Waals surface area contributed by atoms with Gasteiger partial charge in [0.05, 0.1) is 27.1 Å². The van der Waals surface area contributed by atoms with Crippen LogP contribution in [0.5, 0.6) is 0 Å². The zero-order valence-electron chi connectivity index (χ0n) is 18.3. The number of nitrogens with one attached hydrogen (secondary N) is 2. The van der Waals surface area contributed by atoms with E-state index in [1.165, 1.54) is 36.4 Å². The van der Waals surface area contributed by atoms with Crippen molar-refractivity contribution in [3.05, 3.63) is 87.2 Å². The van der Waals surface area contributed by atoms with Gasteiger partial charge in [-0.25, -0.2) is 4.39 Å². The Morgan fingerprint density at radius 3 is 2.19 bits per heavy atom. The summed E-state index contributed by atoms with van der Waals surface area (Å²) >= 11 is 24.6. The van der Waals surface area contributed by atoms with Crippen molar-refractivity contribution in [3.63, 3.8) is 0 Å². The Morgan fingerprint density at radius 1 is 0.892 bits per heavy atom. The maximum atomic E-state index is 13.5. The molecule has 1 fully saturated rings. The summed E-state index contributed by atoms with van der Waals surface area (Å²) in [6, 6.07) is 10.8.